The van der Waals surface area contributed by atoms with Gasteiger partial charge in [0, 0.05) is 17.8 Å². The first-order chi connectivity index (χ1) is 12.7. The molecular formula is C20H27FN4O2. The van der Waals surface area contributed by atoms with Gasteiger partial charge in [0.05, 0.1) is 12.2 Å². The fraction of sp³-hybridized carbons (Fsp3) is 0.500. The zero-order valence-electron chi connectivity index (χ0n) is 16.3. The molecule has 146 valence electrons. The van der Waals surface area contributed by atoms with Gasteiger partial charge in [0.25, 0.3) is 0 Å². The molecule has 0 saturated heterocycles. The van der Waals surface area contributed by atoms with E-state index in [1.54, 1.807) is 12.1 Å². The van der Waals surface area contributed by atoms with Crippen LogP contribution in [0.1, 0.15) is 31.7 Å². The lowest BCUT2D eigenvalue weighted by atomic mass is 9.57. The van der Waals surface area contributed by atoms with Gasteiger partial charge < -0.3 is 20.1 Å². The van der Waals surface area contributed by atoms with Gasteiger partial charge in [-0.05, 0) is 62.5 Å². The number of benzene rings is 1. The van der Waals surface area contributed by atoms with Crippen molar-refractivity contribution in [2.75, 3.05) is 19.4 Å². The summed E-state index contributed by atoms with van der Waals surface area (Å²) in [5.41, 5.74) is 1.48. The third kappa shape index (κ3) is 4.66. The highest BCUT2D eigenvalue weighted by Gasteiger charge is 2.48. The molecule has 0 radical (unpaired) electrons. The number of aromatic nitrogens is 1. The normalized spacial score (nSPS) is 21.0. The first-order valence-corrected chi connectivity index (χ1v) is 9.16. The Morgan fingerprint density at radius 1 is 1.33 bits per heavy atom. The van der Waals surface area contributed by atoms with Crippen molar-refractivity contribution in [1.29, 1.82) is 0 Å². The lowest BCUT2D eigenvalue weighted by molar-refractivity contribution is 0.0211. The summed E-state index contributed by atoms with van der Waals surface area (Å²) in [7, 11) is 3.98. The van der Waals surface area contributed by atoms with Crippen molar-refractivity contribution in [3.8, 4) is 0 Å². The van der Waals surface area contributed by atoms with Gasteiger partial charge in [-0.3, -0.25) is 0 Å². The number of nitrogens with one attached hydrogen (secondary N) is 2. The van der Waals surface area contributed by atoms with Crippen LogP contribution in [0.2, 0.25) is 0 Å². The minimum Gasteiger partial charge on any atom is -0.360 e. The van der Waals surface area contributed by atoms with E-state index in [0.717, 1.165) is 30.8 Å². The molecule has 0 spiro atoms. The molecule has 27 heavy (non-hydrogen) atoms. The average Bonchev–Trinajstić information content (AvgIpc) is 3.02. The topological polar surface area (TPSA) is 70.4 Å². The third-order valence-corrected chi connectivity index (χ3v) is 5.41. The Labute approximate surface area is 159 Å². The summed E-state index contributed by atoms with van der Waals surface area (Å²) in [4.78, 5) is 14.3. The quantitative estimate of drug-likeness (QED) is 0.810. The molecule has 2 N–H and O–H groups in total. The van der Waals surface area contributed by atoms with E-state index >= 15 is 0 Å². The van der Waals surface area contributed by atoms with E-state index in [9.17, 15) is 9.18 Å². The van der Waals surface area contributed by atoms with E-state index in [2.05, 4.69) is 29.6 Å². The van der Waals surface area contributed by atoms with Gasteiger partial charge in [0.1, 0.15) is 5.82 Å². The van der Waals surface area contributed by atoms with Crippen LogP contribution < -0.4 is 10.6 Å². The van der Waals surface area contributed by atoms with Gasteiger partial charge in [0.2, 0.25) is 0 Å². The summed E-state index contributed by atoms with van der Waals surface area (Å²) in [6, 6.07) is 7.55. The Kier molecular flexibility index (Phi) is 5.51. The number of carbonyl (C=O) groups is 1. The number of carbonyl (C=O) groups excluding carboxylic acids is 1. The van der Waals surface area contributed by atoms with E-state index in [-0.39, 0.29) is 23.3 Å². The molecule has 3 rings (SSSR count). The number of amides is 2. The molecule has 7 heteroatoms. The Balaban J connectivity index is 1.51. The maximum atomic E-state index is 12.9. The predicted molar refractivity (Wildman–Crippen MR) is 102 cm³/mol. The van der Waals surface area contributed by atoms with Gasteiger partial charge in [-0.25, -0.2) is 9.18 Å². The van der Waals surface area contributed by atoms with Crippen LogP contribution in [0, 0.1) is 17.2 Å². The van der Waals surface area contributed by atoms with E-state index in [4.69, 9.17) is 4.52 Å². The van der Waals surface area contributed by atoms with Crippen molar-refractivity contribution >= 4 is 11.7 Å². The largest absolute Gasteiger partial charge is 0.360 e. The summed E-state index contributed by atoms with van der Waals surface area (Å²) in [5.74, 6) is 0.955. The SMILES string of the molecule is CN(C)Cc1cc(C[C@@H]2C[C@H](NC(=O)Nc3ccc(F)cc3)C2(C)C)no1. The van der Waals surface area contributed by atoms with Crippen molar-refractivity contribution < 1.29 is 13.7 Å². The van der Waals surface area contributed by atoms with Crippen LogP contribution in [0.3, 0.4) is 0 Å². The number of nitrogens with zero attached hydrogens (tertiary/aromatic N) is 2. The summed E-state index contributed by atoms with van der Waals surface area (Å²) < 4.78 is 18.3. The lowest BCUT2D eigenvalue weighted by Crippen LogP contribution is -2.59. The number of urea groups is 1. The zero-order chi connectivity index (χ0) is 19.6. The molecule has 2 amide bonds. The highest BCUT2D eigenvalue weighted by molar-refractivity contribution is 5.89. The smallest absolute Gasteiger partial charge is 0.319 e. The molecule has 1 fully saturated rings. The Bertz CT molecular complexity index is 786. The monoisotopic (exact) mass is 374 g/mol. The van der Waals surface area contributed by atoms with Crippen molar-refractivity contribution in [2.24, 2.45) is 11.3 Å². The molecule has 1 heterocycles. The maximum Gasteiger partial charge on any atom is 0.319 e. The minimum absolute atomic E-state index is 0.0409. The van der Waals surface area contributed by atoms with Crippen molar-refractivity contribution in [3.63, 3.8) is 0 Å². The van der Waals surface area contributed by atoms with Gasteiger partial charge in [-0.15, -0.1) is 0 Å². The standard InChI is InChI=1S/C20H27FN4O2/c1-20(2)13(9-16-11-17(27-24-16)12-25(3)4)10-18(20)23-19(26)22-15-7-5-14(21)6-8-15/h5-8,11,13,18H,9-10,12H2,1-4H3,(H2,22,23,26)/t13-,18+/m1/s1. The summed E-state index contributed by atoms with van der Waals surface area (Å²) in [5, 5.41) is 9.94. The second kappa shape index (κ2) is 7.68. The zero-order valence-corrected chi connectivity index (χ0v) is 16.3. The van der Waals surface area contributed by atoms with Crippen molar-refractivity contribution in [1.82, 2.24) is 15.4 Å². The molecule has 0 unspecified atom stereocenters. The van der Waals surface area contributed by atoms with E-state index in [1.807, 2.05) is 25.1 Å². The predicted octanol–water partition coefficient (Wildman–Crippen LogP) is 3.65. The van der Waals surface area contributed by atoms with Crippen LogP contribution in [-0.2, 0) is 13.0 Å². The van der Waals surface area contributed by atoms with Gasteiger partial charge in [0.15, 0.2) is 5.76 Å². The second-order valence-electron chi connectivity index (χ2n) is 8.14. The molecule has 1 aliphatic rings. The van der Waals surface area contributed by atoms with E-state index in [0.29, 0.717) is 11.6 Å². The molecule has 1 aliphatic carbocycles. The van der Waals surface area contributed by atoms with Gasteiger partial charge in [-0.1, -0.05) is 19.0 Å². The van der Waals surface area contributed by atoms with Crippen molar-refractivity contribution in [3.05, 3.63) is 47.6 Å². The fourth-order valence-corrected chi connectivity index (χ4v) is 3.56. The molecule has 1 saturated carbocycles. The van der Waals surface area contributed by atoms with Gasteiger partial charge in [-0.2, -0.15) is 0 Å². The highest BCUT2D eigenvalue weighted by Crippen LogP contribution is 2.47. The number of anilines is 1. The Hall–Kier alpha value is -2.41. The molecule has 1 aromatic heterocycles. The molecule has 2 atom stereocenters. The third-order valence-electron chi connectivity index (χ3n) is 5.41. The van der Waals surface area contributed by atoms with E-state index in [1.165, 1.54) is 12.1 Å². The number of halogens is 1. The minimum atomic E-state index is -0.328. The fourth-order valence-electron chi connectivity index (χ4n) is 3.56. The first-order valence-electron chi connectivity index (χ1n) is 9.16. The first kappa shape index (κ1) is 19.4. The van der Waals surface area contributed by atoms with Gasteiger partial charge >= 0.3 is 6.03 Å². The summed E-state index contributed by atoms with van der Waals surface area (Å²) in [6.45, 7) is 5.05. The van der Waals surface area contributed by atoms with Crippen LogP contribution in [0.4, 0.5) is 14.9 Å². The van der Waals surface area contributed by atoms with Crippen LogP contribution in [0.15, 0.2) is 34.9 Å². The van der Waals surface area contributed by atoms with E-state index < -0.39 is 0 Å². The summed E-state index contributed by atoms with van der Waals surface area (Å²) in [6.07, 6.45) is 1.72. The molecule has 1 aromatic carbocycles. The molecule has 0 aliphatic heterocycles. The van der Waals surface area contributed by atoms with Crippen LogP contribution in [0.25, 0.3) is 0 Å². The van der Waals surface area contributed by atoms with Crippen molar-refractivity contribution in [2.45, 2.75) is 39.3 Å². The maximum absolute atomic E-state index is 12.9. The molecule has 0 bridgehead atoms. The van der Waals surface area contributed by atoms with Crippen LogP contribution in [-0.4, -0.2) is 36.2 Å². The molecule has 2 aromatic rings. The number of rotatable bonds is 6. The second-order valence-corrected chi connectivity index (χ2v) is 8.14. The number of hydrogen-bond acceptors (Lipinski definition) is 4. The number of hydrogen-bond donors (Lipinski definition) is 2. The molecular weight excluding hydrogens is 347 g/mol. The Morgan fingerprint density at radius 3 is 2.67 bits per heavy atom. The Morgan fingerprint density at radius 2 is 2.04 bits per heavy atom. The average molecular weight is 374 g/mol. The highest BCUT2D eigenvalue weighted by atomic mass is 19.1. The molecule has 6 nitrogen and oxygen atoms in total. The van der Waals surface area contributed by atoms with Crippen LogP contribution >= 0.6 is 0 Å². The van der Waals surface area contributed by atoms with Crippen LogP contribution in [0.5, 0.6) is 0 Å². The lowest BCUT2D eigenvalue weighted by Gasteiger charge is -2.52. The summed E-state index contributed by atoms with van der Waals surface area (Å²) >= 11 is 0.